The number of rotatable bonds is 6. The maximum atomic E-state index is 12.1. The highest BCUT2D eigenvalue weighted by Gasteiger charge is 2.21. The third kappa shape index (κ3) is 4.56. The molecule has 0 fully saturated rings. The first-order valence-corrected chi connectivity index (χ1v) is 8.80. The summed E-state index contributed by atoms with van der Waals surface area (Å²) in [6.45, 7) is 1.92. The number of thiazole rings is 1. The van der Waals surface area contributed by atoms with Gasteiger partial charge in [0.25, 0.3) is 5.91 Å². The summed E-state index contributed by atoms with van der Waals surface area (Å²) < 4.78 is 0. The molecule has 0 aliphatic carbocycles. The minimum absolute atomic E-state index is 0.213. The van der Waals surface area contributed by atoms with Gasteiger partial charge in [-0.1, -0.05) is 30.3 Å². The molecular weight excluding hydrogens is 304 g/mol. The number of amides is 1. The predicted octanol–water partition coefficient (Wildman–Crippen LogP) is 2.65. The molecule has 2 aromatic rings. The molecule has 2 rings (SSSR count). The van der Waals surface area contributed by atoms with Gasteiger partial charge in [-0.2, -0.15) is 11.8 Å². The quantitative estimate of drug-likeness (QED) is 0.858. The number of benzene rings is 1. The van der Waals surface area contributed by atoms with Crippen LogP contribution in [0.3, 0.4) is 0 Å². The first-order chi connectivity index (χ1) is 10.0. The third-order valence-corrected chi connectivity index (χ3v) is 4.64. The molecule has 0 saturated carbocycles. The van der Waals surface area contributed by atoms with Gasteiger partial charge in [0, 0.05) is 23.2 Å². The van der Waals surface area contributed by atoms with E-state index < -0.39 is 5.60 Å². The number of hydrogen-bond acceptors (Lipinski definition) is 5. The summed E-state index contributed by atoms with van der Waals surface area (Å²) >= 11 is 2.98. The van der Waals surface area contributed by atoms with Crippen LogP contribution < -0.4 is 5.32 Å². The molecule has 112 valence electrons. The van der Waals surface area contributed by atoms with Crippen molar-refractivity contribution in [2.24, 2.45) is 0 Å². The van der Waals surface area contributed by atoms with Crippen LogP contribution in [0.15, 0.2) is 35.7 Å². The summed E-state index contributed by atoms with van der Waals surface area (Å²) in [6, 6.07) is 9.75. The number of thioether (sulfide) groups is 1. The number of carbonyl (C=O) groups excluding carboxylic acids is 1. The molecule has 2 N–H and O–H groups in total. The molecule has 1 amide bonds. The maximum absolute atomic E-state index is 12.1. The van der Waals surface area contributed by atoms with E-state index in [-0.39, 0.29) is 12.5 Å². The minimum Gasteiger partial charge on any atom is -0.387 e. The van der Waals surface area contributed by atoms with Crippen molar-refractivity contribution in [3.63, 3.8) is 0 Å². The van der Waals surface area contributed by atoms with Gasteiger partial charge < -0.3 is 10.4 Å². The summed E-state index contributed by atoms with van der Waals surface area (Å²) in [7, 11) is 0. The maximum Gasteiger partial charge on any atom is 0.270 e. The molecule has 0 saturated heterocycles. The Morgan fingerprint density at radius 3 is 2.81 bits per heavy atom. The van der Waals surface area contributed by atoms with Gasteiger partial charge in [-0.25, -0.2) is 4.98 Å². The summed E-state index contributed by atoms with van der Waals surface area (Å²) in [5, 5.41) is 15.3. The van der Waals surface area contributed by atoms with Crippen molar-refractivity contribution in [1.82, 2.24) is 10.3 Å². The zero-order chi connectivity index (χ0) is 15.3. The van der Waals surface area contributed by atoms with Crippen molar-refractivity contribution in [2.75, 3.05) is 18.6 Å². The summed E-state index contributed by atoms with van der Waals surface area (Å²) in [4.78, 5) is 16.4. The van der Waals surface area contributed by atoms with E-state index in [1.54, 1.807) is 24.1 Å². The number of carbonyl (C=O) groups is 1. The van der Waals surface area contributed by atoms with Gasteiger partial charge in [0.2, 0.25) is 0 Å². The van der Waals surface area contributed by atoms with Gasteiger partial charge >= 0.3 is 0 Å². The van der Waals surface area contributed by atoms with Crippen LogP contribution in [-0.2, 0) is 0 Å². The first kappa shape index (κ1) is 16.0. The second-order valence-electron chi connectivity index (χ2n) is 5.02. The number of nitrogens with zero attached hydrogens (tertiary/aromatic N) is 1. The molecule has 0 aliphatic heterocycles. The lowest BCUT2D eigenvalue weighted by atomic mass is 10.1. The Hall–Kier alpha value is -1.37. The lowest BCUT2D eigenvalue weighted by molar-refractivity contribution is 0.0723. The zero-order valence-corrected chi connectivity index (χ0v) is 13.6. The highest BCUT2D eigenvalue weighted by atomic mass is 32.2. The van der Waals surface area contributed by atoms with Crippen LogP contribution >= 0.6 is 23.1 Å². The molecule has 1 aromatic carbocycles. The van der Waals surface area contributed by atoms with Gasteiger partial charge in [-0.3, -0.25) is 4.79 Å². The Balaban J connectivity index is 2.00. The number of aliphatic hydroxyl groups is 1. The standard InChI is InChI=1S/C15H18N2O2S2/c1-15(19,10-20-2)9-16-13(18)12-8-21-14(17-12)11-6-4-3-5-7-11/h3-8,19H,9-10H2,1-2H3,(H,16,18)/t15-/m1/s1. The number of nitrogens with one attached hydrogen (secondary N) is 1. The summed E-state index contributed by atoms with van der Waals surface area (Å²) in [6.07, 6.45) is 1.92. The molecule has 4 nitrogen and oxygen atoms in total. The first-order valence-electron chi connectivity index (χ1n) is 6.52. The fourth-order valence-electron chi connectivity index (χ4n) is 1.81. The fourth-order valence-corrected chi connectivity index (χ4v) is 3.34. The Kier molecular flexibility index (Phi) is 5.39. The Morgan fingerprint density at radius 2 is 2.14 bits per heavy atom. The molecule has 1 heterocycles. The van der Waals surface area contributed by atoms with E-state index in [0.717, 1.165) is 10.6 Å². The van der Waals surface area contributed by atoms with E-state index in [0.29, 0.717) is 11.4 Å². The van der Waals surface area contributed by atoms with Crippen LogP contribution in [0.2, 0.25) is 0 Å². The Bertz CT molecular complexity index is 597. The molecule has 1 atom stereocenters. The van der Waals surface area contributed by atoms with Crippen molar-refractivity contribution in [2.45, 2.75) is 12.5 Å². The second kappa shape index (κ2) is 7.06. The third-order valence-electron chi connectivity index (χ3n) is 2.84. The van der Waals surface area contributed by atoms with Crippen molar-refractivity contribution in [3.05, 3.63) is 41.4 Å². The van der Waals surface area contributed by atoms with E-state index in [1.807, 2.05) is 36.6 Å². The number of aromatic nitrogens is 1. The Labute approximate surface area is 132 Å². The van der Waals surface area contributed by atoms with Crippen LogP contribution in [-0.4, -0.2) is 40.2 Å². The summed E-state index contributed by atoms with van der Waals surface area (Å²) in [5.41, 5.74) is 0.475. The Morgan fingerprint density at radius 1 is 1.43 bits per heavy atom. The van der Waals surface area contributed by atoms with Crippen molar-refractivity contribution >= 4 is 29.0 Å². The average Bonchev–Trinajstić information content (AvgIpc) is 2.96. The van der Waals surface area contributed by atoms with Gasteiger partial charge in [-0.05, 0) is 13.2 Å². The lowest BCUT2D eigenvalue weighted by Crippen LogP contribution is -2.42. The van der Waals surface area contributed by atoms with Crippen molar-refractivity contribution in [1.29, 1.82) is 0 Å². The average molecular weight is 322 g/mol. The van der Waals surface area contributed by atoms with Crippen LogP contribution in [0.4, 0.5) is 0 Å². The van der Waals surface area contributed by atoms with E-state index in [9.17, 15) is 9.90 Å². The fraction of sp³-hybridized carbons (Fsp3) is 0.333. The molecule has 0 bridgehead atoms. The molecule has 0 radical (unpaired) electrons. The van der Waals surface area contributed by atoms with Crippen molar-refractivity contribution < 1.29 is 9.90 Å². The topological polar surface area (TPSA) is 62.2 Å². The normalized spacial score (nSPS) is 13.7. The minimum atomic E-state index is -0.909. The van der Waals surface area contributed by atoms with Crippen LogP contribution in [0.5, 0.6) is 0 Å². The molecule has 21 heavy (non-hydrogen) atoms. The molecule has 0 aliphatic rings. The molecule has 0 unspecified atom stereocenters. The molecule has 0 spiro atoms. The van der Waals surface area contributed by atoms with Crippen LogP contribution in [0, 0.1) is 0 Å². The van der Waals surface area contributed by atoms with E-state index in [4.69, 9.17) is 0 Å². The molecule has 1 aromatic heterocycles. The van der Waals surface area contributed by atoms with Gasteiger partial charge in [0.1, 0.15) is 10.7 Å². The zero-order valence-electron chi connectivity index (χ0n) is 12.0. The SMILES string of the molecule is CSC[C@](C)(O)CNC(=O)c1csc(-c2ccccc2)n1. The smallest absolute Gasteiger partial charge is 0.270 e. The largest absolute Gasteiger partial charge is 0.387 e. The molecule has 6 heteroatoms. The lowest BCUT2D eigenvalue weighted by Gasteiger charge is -2.22. The molecular formula is C15H18N2O2S2. The number of hydrogen-bond donors (Lipinski definition) is 2. The van der Waals surface area contributed by atoms with Gasteiger partial charge in [-0.15, -0.1) is 11.3 Å². The highest BCUT2D eigenvalue weighted by molar-refractivity contribution is 7.98. The van der Waals surface area contributed by atoms with Gasteiger partial charge in [0.05, 0.1) is 5.60 Å². The van der Waals surface area contributed by atoms with Crippen LogP contribution in [0.1, 0.15) is 17.4 Å². The van der Waals surface area contributed by atoms with E-state index >= 15 is 0 Å². The van der Waals surface area contributed by atoms with Gasteiger partial charge in [0.15, 0.2) is 0 Å². The van der Waals surface area contributed by atoms with Crippen LogP contribution in [0.25, 0.3) is 10.6 Å². The second-order valence-corrected chi connectivity index (χ2v) is 6.74. The predicted molar refractivity (Wildman–Crippen MR) is 88.9 cm³/mol. The monoisotopic (exact) mass is 322 g/mol. The summed E-state index contributed by atoms with van der Waals surface area (Å²) in [5.74, 6) is 0.314. The van der Waals surface area contributed by atoms with E-state index in [1.165, 1.54) is 11.3 Å². The highest BCUT2D eigenvalue weighted by Crippen LogP contribution is 2.23. The van der Waals surface area contributed by atoms with E-state index in [2.05, 4.69) is 10.3 Å². The van der Waals surface area contributed by atoms with Crippen molar-refractivity contribution in [3.8, 4) is 10.6 Å².